The van der Waals surface area contributed by atoms with Gasteiger partial charge in [0.1, 0.15) is 18.4 Å². The summed E-state index contributed by atoms with van der Waals surface area (Å²) >= 11 is 0. The number of alkyl halides is 3. The van der Waals surface area contributed by atoms with Crippen LogP contribution in [0.25, 0.3) is 11.1 Å². The highest BCUT2D eigenvalue weighted by atomic mass is 19.4. The normalized spacial score (nSPS) is 18.3. The zero-order valence-electron chi connectivity index (χ0n) is 16.1. The molecule has 1 aliphatic rings. The second-order valence-corrected chi connectivity index (χ2v) is 7.29. The lowest BCUT2D eigenvalue weighted by Gasteiger charge is -2.42. The molecule has 31 heavy (non-hydrogen) atoms. The number of pyridine rings is 1. The van der Waals surface area contributed by atoms with Crippen molar-refractivity contribution in [2.24, 2.45) is 0 Å². The van der Waals surface area contributed by atoms with Crippen LogP contribution in [-0.2, 0) is 23.9 Å². The standard InChI is InChI=1S/C23H17F3N2O3/c24-23(25,26)18-9-7-15(8-10-18)19-5-2-1-4-16(19)13-28(31)14-17(22(29)30)12-20-21(28)6-3-11-27-20/h1-11,14H,12-13H2,(H,29,30). The van der Waals surface area contributed by atoms with E-state index in [0.717, 1.165) is 18.3 Å². The molecule has 0 fully saturated rings. The molecule has 0 aliphatic carbocycles. The summed E-state index contributed by atoms with van der Waals surface area (Å²) in [4.78, 5) is 15.7. The quantitative estimate of drug-likeness (QED) is 0.454. The molecule has 0 bridgehead atoms. The van der Waals surface area contributed by atoms with E-state index in [-0.39, 0.29) is 18.5 Å². The van der Waals surface area contributed by atoms with E-state index in [4.69, 9.17) is 0 Å². The number of benzene rings is 2. The zero-order valence-corrected chi connectivity index (χ0v) is 16.1. The van der Waals surface area contributed by atoms with Gasteiger partial charge in [0.15, 0.2) is 5.69 Å². The van der Waals surface area contributed by atoms with Crippen LogP contribution >= 0.6 is 0 Å². The fourth-order valence-electron chi connectivity index (χ4n) is 3.75. The maximum absolute atomic E-state index is 13.8. The second-order valence-electron chi connectivity index (χ2n) is 7.29. The highest BCUT2D eigenvalue weighted by molar-refractivity contribution is 5.88. The van der Waals surface area contributed by atoms with Gasteiger partial charge < -0.3 is 10.3 Å². The zero-order chi connectivity index (χ0) is 22.2. The molecule has 2 heterocycles. The predicted molar refractivity (Wildman–Crippen MR) is 109 cm³/mol. The maximum atomic E-state index is 13.8. The Morgan fingerprint density at radius 3 is 2.45 bits per heavy atom. The fourth-order valence-corrected chi connectivity index (χ4v) is 3.75. The molecule has 1 aliphatic heterocycles. The Balaban J connectivity index is 1.76. The number of nitrogens with zero attached hydrogens (tertiary/aromatic N) is 2. The molecule has 4 rings (SSSR count). The van der Waals surface area contributed by atoms with Gasteiger partial charge in [-0.05, 0) is 29.3 Å². The summed E-state index contributed by atoms with van der Waals surface area (Å²) in [5, 5.41) is 23.3. The van der Waals surface area contributed by atoms with Crippen molar-refractivity contribution in [2.75, 3.05) is 0 Å². The van der Waals surface area contributed by atoms with Crippen molar-refractivity contribution in [1.29, 1.82) is 0 Å². The number of halogens is 3. The first-order valence-corrected chi connectivity index (χ1v) is 9.41. The van der Waals surface area contributed by atoms with Crippen LogP contribution in [0.3, 0.4) is 0 Å². The minimum absolute atomic E-state index is 0.0480. The molecule has 8 heteroatoms. The van der Waals surface area contributed by atoms with Crippen LogP contribution in [-0.4, -0.2) is 16.1 Å². The van der Waals surface area contributed by atoms with Crippen molar-refractivity contribution in [1.82, 2.24) is 9.63 Å². The molecular formula is C23H17F3N2O3. The van der Waals surface area contributed by atoms with E-state index in [2.05, 4.69) is 4.98 Å². The van der Waals surface area contributed by atoms with Crippen LogP contribution in [0.5, 0.6) is 0 Å². The monoisotopic (exact) mass is 426 g/mol. The molecule has 0 spiro atoms. The number of quaternary nitrogens is 1. The van der Waals surface area contributed by atoms with Crippen molar-refractivity contribution in [3.05, 3.63) is 101 Å². The smallest absolute Gasteiger partial charge is 0.416 e. The SMILES string of the molecule is O=C(O)C1=C[N+]([O-])(Cc2ccccc2-c2ccc(C(F)(F)F)cc2)c2cccnc2C1. The molecule has 2 aromatic carbocycles. The Morgan fingerprint density at radius 1 is 1.06 bits per heavy atom. The minimum atomic E-state index is -4.44. The van der Waals surface area contributed by atoms with Gasteiger partial charge >= 0.3 is 12.1 Å². The van der Waals surface area contributed by atoms with Crippen LogP contribution in [0.2, 0.25) is 0 Å². The Labute approximate surface area is 175 Å². The summed E-state index contributed by atoms with van der Waals surface area (Å²) in [5.41, 5.74) is 1.64. The van der Waals surface area contributed by atoms with Crippen LogP contribution in [0.15, 0.2) is 78.6 Å². The molecular weight excluding hydrogens is 409 g/mol. The third kappa shape index (κ3) is 4.08. The lowest BCUT2D eigenvalue weighted by molar-refractivity contribution is -0.137. The molecule has 1 atom stereocenters. The Hall–Kier alpha value is -3.49. The Morgan fingerprint density at radius 2 is 1.77 bits per heavy atom. The van der Waals surface area contributed by atoms with Crippen LogP contribution in [0, 0.1) is 5.21 Å². The van der Waals surface area contributed by atoms with Gasteiger partial charge in [0.25, 0.3) is 0 Å². The average molecular weight is 426 g/mol. The Bertz CT molecular complexity index is 1170. The van der Waals surface area contributed by atoms with E-state index in [1.165, 1.54) is 18.3 Å². The van der Waals surface area contributed by atoms with Gasteiger partial charge in [-0.2, -0.15) is 13.2 Å². The minimum Gasteiger partial charge on any atom is -0.622 e. The summed E-state index contributed by atoms with van der Waals surface area (Å²) in [7, 11) is 0. The first-order valence-electron chi connectivity index (χ1n) is 9.41. The topological polar surface area (TPSA) is 73.2 Å². The molecule has 0 amide bonds. The average Bonchev–Trinajstić information content (AvgIpc) is 2.73. The lowest BCUT2D eigenvalue weighted by atomic mass is 9.97. The number of rotatable bonds is 4. The molecule has 158 valence electrons. The fraction of sp³-hybridized carbons (Fsp3) is 0.130. The number of hydrogen-bond donors (Lipinski definition) is 1. The number of fused-ring (bicyclic) bond motifs is 1. The van der Waals surface area contributed by atoms with Gasteiger partial charge in [0, 0.05) is 24.2 Å². The van der Waals surface area contributed by atoms with Crippen molar-refractivity contribution >= 4 is 11.7 Å². The first-order chi connectivity index (χ1) is 14.7. The molecule has 1 aromatic heterocycles. The number of hydroxylamine groups is 2. The number of carboxylic acid groups (broad SMARTS) is 1. The van der Waals surface area contributed by atoms with Gasteiger partial charge in [-0.3, -0.25) is 9.63 Å². The number of carbonyl (C=O) groups is 1. The van der Waals surface area contributed by atoms with E-state index in [1.807, 2.05) is 0 Å². The van der Waals surface area contributed by atoms with E-state index in [0.29, 0.717) is 28.1 Å². The van der Waals surface area contributed by atoms with Crippen molar-refractivity contribution in [3.63, 3.8) is 0 Å². The molecule has 0 saturated carbocycles. The summed E-state index contributed by atoms with van der Waals surface area (Å²) in [5.74, 6) is -1.19. The summed E-state index contributed by atoms with van der Waals surface area (Å²) in [6.45, 7) is -0.132. The molecule has 1 N–H and O–H groups in total. The van der Waals surface area contributed by atoms with Crippen LogP contribution in [0.4, 0.5) is 18.9 Å². The first kappa shape index (κ1) is 20.8. The summed E-state index contributed by atoms with van der Waals surface area (Å²) in [6, 6.07) is 14.8. The summed E-state index contributed by atoms with van der Waals surface area (Å²) in [6.07, 6.45) is -1.72. The number of carboxylic acids is 1. The number of aliphatic carboxylic acids is 1. The maximum Gasteiger partial charge on any atom is 0.416 e. The van der Waals surface area contributed by atoms with E-state index >= 15 is 0 Å². The molecule has 3 aromatic rings. The Kier molecular flexibility index (Phi) is 5.12. The van der Waals surface area contributed by atoms with Crippen molar-refractivity contribution in [3.8, 4) is 11.1 Å². The molecule has 0 radical (unpaired) electrons. The summed E-state index contributed by atoms with van der Waals surface area (Å²) < 4.78 is 37.6. The lowest BCUT2D eigenvalue weighted by Crippen LogP contribution is -2.41. The van der Waals surface area contributed by atoms with Gasteiger partial charge in [0.2, 0.25) is 0 Å². The van der Waals surface area contributed by atoms with Gasteiger partial charge in [-0.25, -0.2) is 4.79 Å². The third-order valence-electron chi connectivity index (χ3n) is 5.22. The van der Waals surface area contributed by atoms with E-state index in [1.54, 1.807) is 36.4 Å². The molecule has 0 saturated heterocycles. The highest BCUT2D eigenvalue weighted by Crippen LogP contribution is 2.37. The number of aromatic nitrogens is 1. The van der Waals surface area contributed by atoms with E-state index < -0.39 is 22.4 Å². The van der Waals surface area contributed by atoms with Crippen molar-refractivity contribution < 1.29 is 23.1 Å². The van der Waals surface area contributed by atoms with Crippen LogP contribution in [0.1, 0.15) is 16.8 Å². The van der Waals surface area contributed by atoms with Crippen molar-refractivity contribution in [2.45, 2.75) is 19.1 Å². The van der Waals surface area contributed by atoms with E-state index in [9.17, 15) is 28.3 Å². The predicted octanol–water partition coefficient (Wildman–Crippen LogP) is 5.30. The largest absolute Gasteiger partial charge is 0.622 e. The van der Waals surface area contributed by atoms with Gasteiger partial charge in [-0.15, -0.1) is 0 Å². The molecule has 1 unspecified atom stereocenters. The molecule has 5 nitrogen and oxygen atoms in total. The van der Waals surface area contributed by atoms with Gasteiger partial charge in [-0.1, -0.05) is 36.4 Å². The third-order valence-corrected chi connectivity index (χ3v) is 5.22. The number of hydrogen-bond acceptors (Lipinski definition) is 3. The highest BCUT2D eigenvalue weighted by Gasteiger charge is 2.33. The second kappa shape index (κ2) is 7.64. The van der Waals surface area contributed by atoms with Crippen LogP contribution < -0.4 is 4.65 Å². The van der Waals surface area contributed by atoms with Gasteiger partial charge in [0.05, 0.1) is 11.1 Å².